The highest BCUT2D eigenvalue weighted by molar-refractivity contribution is 5.76. The number of benzene rings is 1. The molecule has 0 bridgehead atoms. The molecule has 0 radical (unpaired) electrons. The van der Waals surface area contributed by atoms with E-state index >= 15 is 0 Å². The molecule has 1 unspecified atom stereocenters. The quantitative estimate of drug-likeness (QED) is 0.786. The summed E-state index contributed by atoms with van der Waals surface area (Å²) >= 11 is 0. The Morgan fingerprint density at radius 2 is 2.15 bits per heavy atom. The zero-order valence-corrected chi connectivity index (χ0v) is 11.9. The molecule has 1 aliphatic heterocycles. The summed E-state index contributed by atoms with van der Waals surface area (Å²) in [6.07, 6.45) is 3.57. The van der Waals surface area contributed by atoms with E-state index in [4.69, 9.17) is 5.11 Å². The first-order valence-electron chi connectivity index (χ1n) is 7.45. The van der Waals surface area contributed by atoms with Gasteiger partial charge in [0.1, 0.15) is 0 Å². The van der Waals surface area contributed by atoms with Crippen LogP contribution in [-0.2, 0) is 11.2 Å². The average molecular weight is 276 g/mol. The van der Waals surface area contributed by atoms with E-state index in [2.05, 4.69) is 5.32 Å². The van der Waals surface area contributed by atoms with Gasteiger partial charge < -0.3 is 15.3 Å². The molecule has 1 aromatic rings. The zero-order valence-electron chi connectivity index (χ0n) is 11.9. The van der Waals surface area contributed by atoms with E-state index in [0.29, 0.717) is 25.6 Å². The molecule has 110 valence electrons. The van der Waals surface area contributed by atoms with Crippen LogP contribution in [0.25, 0.3) is 0 Å². The highest BCUT2D eigenvalue weighted by atomic mass is 16.3. The lowest BCUT2D eigenvalue weighted by Gasteiger charge is -2.25. The van der Waals surface area contributed by atoms with E-state index in [-0.39, 0.29) is 12.5 Å². The summed E-state index contributed by atoms with van der Waals surface area (Å²) in [6.45, 7) is 2.22. The lowest BCUT2D eigenvalue weighted by molar-refractivity contribution is -0.132. The molecule has 0 aliphatic carbocycles. The molecule has 1 atom stereocenters. The molecule has 0 spiro atoms. The van der Waals surface area contributed by atoms with Crippen LogP contribution in [-0.4, -0.2) is 48.2 Å². The van der Waals surface area contributed by atoms with Gasteiger partial charge in [0.05, 0.1) is 6.61 Å². The number of amides is 1. The van der Waals surface area contributed by atoms with Gasteiger partial charge in [0.15, 0.2) is 0 Å². The van der Waals surface area contributed by atoms with E-state index in [0.717, 1.165) is 19.4 Å². The first kappa shape index (κ1) is 15.0. The molecule has 1 amide bonds. The minimum absolute atomic E-state index is 0.0315. The lowest BCUT2D eigenvalue weighted by Crippen LogP contribution is -2.42. The van der Waals surface area contributed by atoms with Gasteiger partial charge >= 0.3 is 0 Å². The van der Waals surface area contributed by atoms with Crippen molar-refractivity contribution in [2.45, 2.75) is 31.7 Å². The number of aliphatic hydroxyl groups is 1. The van der Waals surface area contributed by atoms with Crippen LogP contribution in [0.1, 0.15) is 24.8 Å². The minimum Gasteiger partial charge on any atom is -0.395 e. The van der Waals surface area contributed by atoms with Crippen molar-refractivity contribution in [2.75, 3.05) is 26.2 Å². The molecule has 2 N–H and O–H groups in total. The van der Waals surface area contributed by atoms with Crippen LogP contribution in [0, 0.1) is 0 Å². The standard InChI is InChI=1S/C16H24N2O2/c19-12-11-18(13-15-7-4-10-17-15)16(20)9-8-14-5-2-1-3-6-14/h1-3,5-6,15,17,19H,4,7-13H2. The monoisotopic (exact) mass is 276 g/mol. The van der Waals surface area contributed by atoms with Crippen LogP contribution >= 0.6 is 0 Å². The van der Waals surface area contributed by atoms with Crippen LogP contribution in [0.15, 0.2) is 30.3 Å². The van der Waals surface area contributed by atoms with Crippen LogP contribution in [0.4, 0.5) is 0 Å². The summed E-state index contributed by atoms with van der Waals surface area (Å²) in [6, 6.07) is 10.4. The summed E-state index contributed by atoms with van der Waals surface area (Å²) in [5, 5.41) is 12.5. The van der Waals surface area contributed by atoms with Gasteiger partial charge in [-0.25, -0.2) is 0 Å². The maximum Gasteiger partial charge on any atom is 0.223 e. The topological polar surface area (TPSA) is 52.6 Å². The fourth-order valence-electron chi connectivity index (χ4n) is 2.67. The van der Waals surface area contributed by atoms with Crippen molar-refractivity contribution in [3.63, 3.8) is 0 Å². The van der Waals surface area contributed by atoms with E-state index < -0.39 is 0 Å². The van der Waals surface area contributed by atoms with E-state index in [9.17, 15) is 4.79 Å². The summed E-state index contributed by atoms with van der Waals surface area (Å²) < 4.78 is 0. The van der Waals surface area contributed by atoms with E-state index in [1.54, 1.807) is 4.90 Å². The number of hydrogen-bond donors (Lipinski definition) is 2. The SMILES string of the molecule is O=C(CCc1ccccc1)N(CCO)CC1CCCN1. The third-order valence-corrected chi connectivity index (χ3v) is 3.80. The van der Waals surface area contributed by atoms with Gasteiger partial charge in [0, 0.05) is 25.6 Å². The number of rotatable bonds is 7. The molecule has 0 aromatic heterocycles. The van der Waals surface area contributed by atoms with Crippen molar-refractivity contribution in [1.29, 1.82) is 0 Å². The molecule has 20 heavy (non-hydrogen) atoms. The number of aliphatic hydroxyl groups excluding tert-OH is 1. The highest BCUT2D eigenvalue weighted by Crippen LogP contribution is 2.09. The predicted octanol–water partition coefficient (Wildman–Crippen LogP) is 1.19. The molecular formula is C16H24N2O2. The third kappa shape index (κ3) is 4.62. The summed E-state index contributed by atoms with van der Waals surface area (Å²) in [5.41, 5.74) is 1.18. The van der Waals surface area contributed by atoms with Crippen molar-refractivity contribution < 1.29 is 9.90 Å². The van der Waals surface area contributed by atoms with Gasteiger partial charge in [0.2, 0.25) is 5.91 Å². The van der Waals surface area contributed by atoms with Crippen molar-refractivity contribution in [3.8, 4) is 0 Å². The van der Waals surface area contributed by atoms with Crippen molar-refractivity contribution in [1.82, 2.24) is 10.2 Å². The Morgan fingerprint density at radius 1 is 1.35 bits per heavy atom. The Balaban J connectivity index is 1.82. The first-order chi connectivity index (χ1) is 9.79. The Bertz CT molecular complexity index is 402. The van der Waals surface area contributed by atoms with Crippen LogP contribution < -0.4 is 5.32 Å². The first-order valence-corrected chi connectivity index (χ1v) is 7.45. The normalized spacial score (nSPS) is 18.1. The molecule has 0 saturated carbocycles. The fraction of sp³-hybridized carbons (Fsp3) is 0.562. The molecule has 2 rings (SSSR count). The van der Waals surface area contributed by atoms with E-state index in [1.165, 1.54) is 12.0 Å². The van der Waals surface area contributed by atoms with Gasteiger partial charge in [-0.3, -0.25) is 4.79 Å². The van der Waals surface area contributed by atoms with Crippen molar-refractivity contribution in [3.05, 3.63) is 35.9 Å². The minimum atomic E-state index is 0.0315. The second-order valence-corrected chi connectivity index (χ2v) is 5.34. The Hall–Kier alpha value is -1.39. The second-order valence-electron chi connectivity index (χ2n) is 5.34. The molecule has 4 heteroatoms. The molecule has 4 nitrogen and oxygen atoms in total. The number of carbonyl (C=O) groups is 1. The second kappa shape index (κ2) is 8.02. The van der Waals surface area contributed by atoms with Crippen LogP contribution in [0.5, 0.6) is 0 Å². The molecule has 1 aromatic carbocycles. The van der Waals surface area contributed by atoms with E-state index in [1.807, 2.05) is 30.3 Å². The zero-order chi connectivity index (χ0) is 14.2. The molecule has 1 saturated heterocycles. The van der Waals surface area contributed by atoms with Crippen LogP contribution in [0.3, 0.4) is 0 Å². The number of hydrogen-bond acceptors (Lipinski definition) is 3. The maximum atomic E-state index is 12.3. The fourth-order valence-corrected chi connectivity index (χ4v) is 2.67. The van der Waals surface area contributed by atoms with Gasteiger partial charge in [0.25, 0.3) is 0 Å². The number of carbonyl (C=O) groups excluding carboxylic acids is 1. The van der Waals surface area contributed by atoms with Gasteiger partial charge in [-0.1, -0.05) is 30.3 Å². The smallest absolute Gasteiger partial charge is 0.223 e. The summed E-state index contributed by atoms with van der Waals surface area (Å²) in [5.74, 6) is 0.136. The molecule has 1 heterocycles. The highest BCUT2D eigenvalue weighted by Gasteiger charge is 2.20. The van der Waals surface area contributed by atoms with Gasteiger partial charge in [-0.2, -0.15) is 0 Å². The number of nitrogens with one attached hydrogen (secondary N) is 1. The summed E-state index contributed by atoms with van der Waals surface area (Å²) in [7, 11) is 0. The Labute approximate surface area is 120 Å². The van der Waals surface area contributed by atoms with Gasteiger partial charge in [-0.05, 0) is 31.4 Å². The molecule has 1 aliphatic rings. The number of aryl methyl sites for hydroxylation is 1. The largest absolute Gasteiger partial charge is 0.395 e. The van der Waals surface area contributed by atoms with Crippen molar-refractivity contribution in [2.24, 2.45) is 0 Å². The third-order valence-electron chi connectivity index (χ3n) is 3.80. The summed E-state index contributed by atoms with van der Waals surface area (Å²) in [4.78, 5) is 14.1. The lowest BCUT2D eigenvalue weighted by atomic mass is 10.1. The molecule has 1 fully saturated rings. The van der Waals surface area contributed by atoms with Crippen molar-refractivity contribution >= 4 is 5.91 Å². The van der Waals surface area contributed by atoms with Gasteiger partial charge in [-0.15, -0.1) is 0 Å². The number of nitrogens with zero attached hydrogens (tertiary/aromatic N) is 1. The molecular weight excluding hydrogens is 252 g/mol. The maximum absolute atomic E-state index is 12.3. The Kier molecular flexibility index (Phi) is 6.02. The van der Waals surface area contributed by atoms with Crippen LogP contribution in [0.2, 0.25) is 0 Å². The predicted molar refractivity (Wildman–Crippen MR) is 79.5 cm³/mol. The Morgan fingerprint density at radius 3 is 2.80 bits per heavy atom. The average Bonchev–Trinajstić information content (AvgIpc) is 2.98.